The Labute approximate surface area is 100 Å². The minimum atomic E-state index is -0.508. The summed E-state index contributed by atoms with van der Waals surface area (Å²) >= 11 is 9.05. The van der Waals surface area contributed by atoms with Crippen molar-refractivity contribution in [3.63, 3.8) is 0 Å². The molecule has 1 N–H and O–H groups in total. The number of halogens is 2. The van der Waals surface area contributed by atoms with Crippen LogP contribution >= 0.6 is 27.5 Å². The third kappa shape index (κ3) is 3.89. The maximum absolute atomic E-state index is 10.2. The van der Waals surface area contributed by atoms with Gasteiger partial charge in [0, 0.05) is 9.50 Å². The zero-order valence-corrected chi connectivity index (χ0v) is 10.2. The third-order valence-corrected chi connectivity index (χ3v) is 2.45. The van der Waals surface area contributed by atoms with Crippen LogP contribution in [0.3, 0.4) is 0 Å². The lowest BCUT2D eigenvalue weighted by Gasteiger charge is -2.06. The summed E-state index contributed by atoms with van der Waals surface area (Å²) in [4.78, 5) is 9.69. The summed E-state index contributed by atoms with van der Waals surface area (Å²) < 4.78 is 0.756. The molecule has 0 aliphatic rings. The van der Waals surface area contributed by atoms with Crippen molar-refractivity contribution in [2.75, 3.05) is 5.32 Å². The Morgan fingerprint density at radius 2 is 2.33 bits per heavy atom. The molecule has 0 spiro atoms. The fourth-order valence-corrected chi connectivity index (χ4v) is 1.78. The molecule has 1 aromatic carbocycles. The van der Waals surface area contributed by atoms with Crippen LogP contribution in [-0.2, 0) is 0 Å². The quantitative estimate of drug-likeness (QED) is 0.683. The van der Waals surface area contributed by atoms with Crippen LogP contribution in [-0.4, -0.2) is 4.92 Å². The average molecular weight is 292 g/mol. The number of anilines is 1. The molecule has 0 fully saturated rings. The number of hydrogen-bond acceptors (Lipinski definition) is 3. The first-order valence-corrected chi connectivity index (χ1v) is 5.20. The van der Waals surface area contributed by atoms with E-state index < -0.39 is 4.92 Å². The van der Waals surface area contributed by atoms with Crippen LogP contribution in [0.5, 0.6) is 0 Å². The molecular weight excluding hydrogens is 283 g/mol. The van der Waals surface area contributed by atoms with E-state index in [-0.39, 0.29) is 0 Å². The van der Waals surface area contributed by atoms with E-state index in [1.807, 2.05) is 0 Å². The monoisotopic (exact) mass is 290 g/mol. The molecule has 15 heavy (non-hydrogen) atoms. The maximum Gasteiger partial charge on any atom is 0.253 e. The lowest BCUT2D eigenvalue weighted by atomic mass is 10.3. The van der Waals surface area contributed by atoms with Gasteiger partial charge in [-0.1, -0.05) is 11.6 Å². The number of nitro groups is 1. The van der Waals surface area contributed by atoms with Crippen molar-refractivity contribution in [2.24, 2.45) is 0 Å². The maximum atomic E-state index is 10.2. The molecule has 0 saturated heterocycles. The normalized spacial score (nSPS) is 11.3. The van der Waals surface area contributed by atoms with Crippen LogP contribution in [0.2, 0.25) is 5.02 Å². The molecule has 0 aliphatic heterocycles. The predicted octanol–water partition coefficient (Wildman–Crippen LogP) is 3.65. The second-order valence-corrected chi connectivity index (χ2v) is 4.14. The molecule has 0 unspecified atom stereocenters. The lowest BCUT2D eigenvalue weighted by Crippen LogP contribution is -1.99. The van der Waals surface area contributed by atoms with Gasteiger partial charge >= 0.3 is 0 Å². The first kappa shape index (κ1) is 12.0. The molecule has 0 atom stereocenters. The number of nitrogens with zero attached hydrogens (tertiary/aromatic N) is 1. The van der Waals surface area contributed by atoms with Crippen molar-refractivity contribution < 1.29 is 4.92 Å². The van der Waals surface area contributed by atoms with Gasteiger partial charge in [-0.15, -0.1) is 0 Å². The minimum Gasteiger partial charge on any atom is -0.353 e. The van der Waals surface area contributed by atoms with Crippen LogP contribution in [0, 0.1) is 10.1 Å². The summed E-state index contributed by atoms with van der Waals surface area (Å²) in [5.74, 6) is 0. The molecule has 80 valence electrons. The van der Waals surface area contributed by atoms with Gasteiger partial charge in [-0.3, -0.25) is 10.1 Å². The summed E-state index contributed by atoms with van der Waals surface area (Å²) in [5, 5.41) is 13.7. The van der Waals surface area contributed by atoms with Gasteiger partial charge in [-0.05, 0) is 41.1 Å². The summed E-state index contributed by atoms with van der Waals surface area (Å²) in [6.45, 7) is 1.61. The van der Waals surface area contributed by atoms with E-state index >= 15 is 0 Å². The second-order valence-electron chi connectivity index (χ2n) is 2.85. The Kier molecular flexibility index (Phi) is 4.11. The topological polar surface area (TPSA) is 55.2 Å². The summed E-state index contributed by atoms with van der Waals surface area (Å²) in [5.41, 5.74) is 1.18. The Morgan fingerprint density at radius 3 is 2.87 bits per heavy atom. The van der Waals surface area contributed by atoms with Gasteiger partial charge in [-0.2, -0.15) is 0 Å². The number of nitrogens with one attached hydrogen (secondary N) is 1. The smallest absolute Gasteiger partial charge is 0.253 e. The Morgan fingerprint density at radius 1 is 1.67 bits per heavy atom. The highest BCUT2D eigenvalue weighted by Crippen LogP contribution is 2.26. The Bertz CT molecular complexity index is 421. The zero-order valence-electron chi connectivity index (χ0n) is 7.83. The first-order chi connectivity index (χ1) is 6.99. The van der Waals surface area contributed by atoms with Crippen molar-refractivity contribution in [1.29, 1.82) is 0 Å². The van der Waals surface area contributed by atoms with E-state index in [9.17, 15) is 10.1 Å². The van der Waals surface area contributed by atoms with E-state index in [0.717, 1.165) is 16.4 Å². The molecular formula is C9H8BrClN2O2. The van der Waals surface area contributed by atoms with Gasteiger partial charge in [-0.25, -0.2) is 0 Å². The number of allylic oxidation sites excluding steroid dienone is 1. The van der Waals surface area contributed by atoms with E-state index in [1.54, 1.807) is 25.1 Å². The first-order valence-electron chi connectivity index (χ1n) is 4.03. The molecule has 0 aromatic heterocycles. The molecule has 0 radical (unpaired) electrons. The molecule has 0 heterocycles. The second kappa shape index (κ2) is 5.14. The minimum absolute atomic E-state index is 0.447. The van der Waals surface area contributed by atoms with Gasteiger partial charge in [0.05, 0.1) is 16.3 Å². The fraction of sp³-hybridized carbons (Fsp3) is 0.111. The van der Waals surface area contributed by atoms with E-state index in [1.165, 1.54) is 0 Å². The van der Waals surface area contributed by atoms with Crippen LogP contribution in [0.15, 0.2) is 34.6 Å². The summed E-state index contributed by atoms with van der Waals surface area (Å²) in [7, 11) is 0. The van der Waals surface area contributed by atoms with Crippen LogP contribution in [0.4, 0.5) is 5.69 Å². The van der Waals surface area contributed by atoms with Crippen LogP contribution < -0.4 is 5.32 Å². The van der Waals surface area contributed by atoms with E-state index in [2.05, 4.69) is 21.2 Å². The van der Waals surface area contributed by atoms with Crippen molar-refractivity contribution >= 4 is 33.2 Å². The molecule has 0 amide bonds. The van der Waals surface area contributed by atoms with Gasteiger partial charge in [0.2, 0.25) is 0 Å². The van der Waals surface area contributed by atoms with E-state index in [0.29, 0.717) is 10.7 Å². The van der Waals surface area contributed by atoms with Crippen LogP contribution in [0.25, 0.3) is 0 Å². The third-order valence-electron chi connectivity index (χ3n) is 1.56. The lowest BCUT2D eigenvalue weighted by molar-refractivity contribution is -0.403. The molecule has 1 aromatic rings. The molecule has 6 heteroatoms. The largest absolute Gasteiger partial charge is 0.353 e. The van der Waals surface area contributed by atoms with Gasteiger partial charge in [0.15, 0.2) is 0 Å². The summed E-state index contributed by atoms with van der Waals surface area (Å²) in [6, 6.07) is 5.15. The molecule has 0 aliphatic carbocycles. The average Bonchev–Trinajstić information content (AvgIpc) is 2.08. The SMILES string of the molecule is C/C(=C/[N+](=O)[O-])Nc1ccc(Cl)cc1Br. The van der Waals surface area contributed by atoms with E-state index in [4.69, 9.17) is 11.6 Å². The molecule has 0 bridgehead atoms. The zero-order chi connectivity index (χ0) is 11.4. The summed E-state index contributed by atoms with van der Waals surface area (Å²) in [6.07, 6.45) is 0.904. The van der Waals surface area contributed by atoms with Crippen molar-refractivity contribution in [3.8, 4) is 0 Å². The fourth-order valence-electron chi connectivity index (χ4n) is 0.994. The highest BCUT2D eigenvalue weighted by molar-refractivity contribution is 9.10. The molecule has 0 saturated carbocycles. The van der Waals surface area contributed by atoms with Gasteiger partial charge < -0.3 is 5.32 Å². The predicted molar refractivity (Wildman–Crippen MR) is 63.5 cm³/mol. The number of hydrogen-bond donors (Lipinski definition) is 1. The Hall–Kier alpha value is -1.07. The van der Waals surface area contributed by atoms with Gasteiger partial charge in [0.25, 0.3) is 6.20 Å². The van der Waals surface area contributed by atoms with Crippen molar-refractivity contribution in [3.05, 3.63) is 49.7 Å². The standard InChI is InChI=1S/C9H8BrClN2O2/c1-6(5-13(14)15)12-9-3-2-7(11)4-8(9)10/h2-5,12H,1H3/b6-5-. The number of benzene rings is 1. The van der Waals surface area contributed by atoms with Crippen molar-refractivity contribution in [2.45, 2.75) is 6.92 Å². The van der Waals surface area contributed by atoms with Gasteiger partial charge in [0.1, 0.15) is 0 Å². The molecule has 1 rings (SSSR count). The highest BCUT2D eigenvalue weighted by Gasteiger charge is 2.02. The van der Waals surface area contributed by atoms with Crippen LogP contribution in [0.1, 0.15) is 6.92 Å². The van der Waals surface area contributed by atoms with Crippen molar-refractivity contribution in [1.82, 2.24) is 0 Å². The highest BCUT2D eigenvalue weighted by atomic mass is 79.9. The Balaban J connectivity index is 2.86. The number of rotatable bonds is 3. The molecule has 4 nitrogen and oxygen atoms in total.